The highest BCUT2D eigenvalue weighted by Crippen LogP contribution is 2.42. The molecule has 28 heavy (non-hydrogen) atoms. The standard InChI is InChI=1S/C24H30O4/c1-16(10-11-21-17(2)7-6-12-24(21,3)4)15-27-19-9-5-8-18(13-19)20-14-22(25)28-23(20)26/h5,8-10,13-14,23,26H,6-7,11-12,15H2,1-4H3/b16-10+. The highest BCUT2D eigenvalue weighted by atomic mass is 16.6. The van der Waals surface area contributed by atoms with Crippen molar-refractivity contribution in [2.75, 3.05) is 6.61 Å². The zero-order chi connectivity index (χ0) is 20.3. The summed E-state index contributed by atoms with van der Waals surface area (Å²) in [4.78, 5) is 11.3. The molecule has 0 bridgehead atoms. The van der Waals surface area contributed by atoms with Crippen molar-refractivity contribution in [3.63, 3.8) is 0 Å². The topological polar surface area (TPSA) is 55.8 Å². The maximum absolute atomic E-state index is 11.3. The average molecular weight is 383 g/mol. The van der Waals surface area contributed by atoms with Crippen molar-refractivity contribution in [2.45, 2.75) is 59.7 Å². The van der Waals surface area contributed by atoms with Crippen LogP contribution in [0.5, 0.6) is 5.75 Å². The fraction of sp³-hybridized carbons (Fsp3) is 0.458. The molecule has 0 saturated carbocycles. The highest BCUT2D eigenvalue weighted by molar-refractivity contribution is 5.96. The van der Waals surface area contributed by atoms with Crippen LogP contribution in [0.15, 0.2) is 53.1 Å². The first-order chi connectivity index (χ1) is 13.3. The number of benzene rings is 1. The number of rotatable bonds is 6. The van der Waals surface area contributed by atoms with Crippen molar-refractivity contribution >= 4 is 11.5 Å². The van der Waals surface area contributed by atoms with Crippen LogP contribution in [-0.2, 0) is 9.53 Å². The molecule has 3 rings (SSSR count). The molecule has 0 aromatic heterocycles. The molecule has 1 N–H and O–H groups in total. The molecule has 1 unspecified atom stereocenters. The lowest BCUT2D eigenvalue weighted by atomic mass is 9.71. The third-order valence-corrected chi connectivity index (χ3v) is 5.74. The van der Waals surface area contributed by atoms with Gasteiger partial charge in [-0.25, -0.2) is 4.79 Å². The van der Waals surface area contributed by atoms with E-state index in [0.717, 1.165) is 12.0 Å². The minimum Gasteiger partial charge on any atom is -0.489 e. The lowest BCUT2D eigenvalue weighted by molar-refractivity contribution is -0.149. The minimum absolute atomic E-state index is 0.281. The summed E-state index contributed by atoms with van der Waals surface area (Å²) >= 11 is 0. The Bertz CT molecular complexity index is 842. The molecular weight excluding hydrogens is 352 g/mol. The molecule has 0 radical (unpaired) electrons. The number of esters is 1. The Kier molecular flexibility index (Phi) is 6.09. The van der Waals surface area contributed by atoms with Crippen LogP contribution >= 0.6 is 0 Å². The van der Waals surface area contributed by atoms with E-state index >= 15 is 0 Å². The van der Waals surface area contributed by atoms with Gasteiger partial charge in [0.1, 0.15) is 12.4 Å². The van der Waals surface area contributed by atoms with E-state index in [1.165, 1.54) is 36.5 Å². The van der Waals surface area contributed by atoms with Gasteiger partial charge in [0, 0.05) is 11.6 Å². The Labute approximate surface area is 167 Å². The molecule has 1 atom stereocenters. The molecule has 1 aliphatic carbocycles. The number of aliphatic hydroxyl groups excluding tert-OH is 1. The smallest absolute Gasteiger partial charge is 0.333 e. The van der Waals surface area contributed by atoms with Crippen molar-refractivity contribution in [3.8, 4) is 5.75 Å². The molecule has 1 heterocycles. The van der Waals surface area contributed by atoms with Crippen molar-refractivity contribution in [2.24, 2.45) is 5.41 Å². The molecule has 150 valence electrons. The number of hydrogen-bond donors (Lipinski definition) is 1. The van der Waals surface area contributed by atoms with Gasteiger partial charge in [-0.15, -0.1) is 0 Å². The van der Waals surface area contributed by atoms with Crippen LogP contribution in [0.25, 0.3) is 5.57 Å². The largest absolute Gasteiger partial charge is 0.489 e. The number of ether oxygens (including phenoxy) is 2. The van der Waals surface area contributed by atoms with Gasteiger partial charge in [0.15, 0.2) is 0 Å². The summed E-state index contributed by atoms with van der Waals surface area (Å²) in [6, 6.07) is 7.37. The van der Waals surface area contributed by atoms with E-state index in [1.54, 1.807) is 5.57 Å². The Hall–Kier alpha value is -2.33. The summed E-state index contributed by atoms with van der Waals surface area (Å²) in [5.41, 5.74) is 5.75. The molecule has 4 heteroatoms. The molecule has 2 aliphatic rings. The number of cyclic esters (lactones) is 1. The van der Waals surface area contributed by atoms with Crippen LogP contribution in [0.3, 0.4) is 0 Å². The summed E-state index contributed by atoms with van der Waals surface area (Å²) in [5.74, 6) is 0.175. The first-order valence-electron chi connectivity index (χ1n) is 9.94. The third-order valence-electron chi connectivity index (χ3n) is 5.74. The van der Waals surface area contributed by atoms with E-state index < -0.39 is 12.3 Å². The van der Waals surface area contributed by atoms with Crippen molar-refractivity contribution in [1.82, 2.24) is 0 Å². The lowest BCUT2D eigenvalue weighted by Gasteiger charge is -2.34. The van der Waals surface area contributed by atoms with Gasteiger partial charge in [-0.1, -0.05) is 43.2 Å². The van der Waals surface area contributed by atoms with Crippen molar-refractivity contribution < 1.29 is 19.4 Å². The SMILES string of the molecule is CC1=C(C/C=C(\C)COc2cccc(C3=CC(=O)OC3O)c2)C(C)(C)CCC1. The summed E-state index contributed by atoms with van der Waals surface area (Å²) < 4.78 is 10.7. The van der Waals surface area contributed by atoms with Crippen LogP contribution in [0, 0.1) is 5.41 Å². The summed E-state index contributed by atoms with van der Waals surface area (Å²) in [7, 11) is 0. The second-order valence-electron chi connectivity index (χ2n) is 8.46. The summed E-state index contributed by atoms with van der Waals surface area (Å²) in [6.45, 7) is 9.55. The Morgan fingerprint density at radius 3 is 2.86 bits per heavy atom. The van der Waals surface area contributed by atoms with E-state index in [2.05, 4.69) is 33.8 Å². The molecular formula is C24H30O4. The fourth-order valence-corrected chi connectivity index (χ4v) is 4.05. The van der Waals surface area contributed by atoms with E-state index in [4.69, 9.17) is 9.47 Å². The molecule has 0 fully saturated rings. The van der Waals surface area contributed by atoms with Crippen LogP contribution in [-0.4, -0.2) is 24.0 Å². The van der Waals surface area contributed by atoms with Gasteiger partial charge in [-0.05, 0) is 68.2 Å². The fourth-order valence-electron chi connectivity index (χ4n) is 4.05. The average Bonchev–Trinajstić information content (AvgIpc) is 2.97. The van der Waals surface area contributed by atoms with Crippen LogP contribution in [0.2, 0.25) is 0 Å². The Morgan fingerprint density at radius 1 is 1.39 bits per heavy atom. The van der Waals surface area contributed by atoms with Gasteiger partial charge in [-0.2, -0.15) is 0 Å². The Morgan fingerprint density at radius 2 is 2.18 bits per heavy atom. The van der Waals surface area contributed by atoms with Gasteiger partial charge < -0.3 is 14.6 Å². The molecule has 1 aromatic carbocycles. The second kappa shape index (κ2) is 8.36. The Balaban J connectivity index is 1.63. The summed E-state index contributed by atoms with van der Waals surface area (Å²) in [5, 5.41) is 9.81. The van der Waals surface area contributed by atoms with Gasteiger partial charge in [-0.3, -0.25) is 0 Å². The number of aliphatic hydroxyl groups is 1. The maximum Gasteiger partial charge on any atom is 0.333 e. The van der Waals surface area contributed by atoms with E-state index in [-0.39, 0.29) is 5.41 Å². The molecule has 1 aliphatic heterocycles. The number of carbonyl (C=O) groups is 1. The van der Waals surface area contributed by atoms with E-state index in [9.17, 15) is 9.90 Å². The molecule has 4 nitrogen and oxygen atoms in total. The molecule has 0 amide bonds. The third kappa shape index (κ3) is 4.74. The van der Waals surface area contributed by atoms with Crippen molar-refractivity contribution in [1.29, 1.82) is 0 Å². The molecule has 1 aromatic rings. The highest BCUT2D eigenvalue weighted by Gasteiger charge is 2.27. The zero-order valence-corrected chi connectivity index (χ0v) is 17.2. The first-order valence-corrected chi connectivity index (χ1v) is 9.94. The normalized spacial score (nSPS) is 22.2. The minimum atomic E-state index is -1.21. The molecule has 0 spiro atoms. The monoisotopic (exact) mass is 382 g/mol. The van der Waals surface area contributed by atoms with Gasteiger partial charge in [0.25, 0.3) is 0 Å². The van der Waals surface area contributed by atoms with Gasteiger partial charge >= 0.3 is 5.97 Å². The lowest BCUT2D eigenvalue weighted by Crippen LogP contribution is -2.20. The number of hydrogen-bond acceptors (Lipinski definition) is 4. The predicted octanol–water partition coefficient (Wildman–Crippen LogP) is 5.19. The predicted molar refractivity (Wildman–Crippen MR) is 111 cm³/mol. The van der Waals surface area contributed by atoms with E-state index in [1.807, 2.05) is 24.3 Å². The van der Waals surface area contributed by atoms with Crippen molar-refractivity contribution in [3.05, 3.63) is 58.7 Å². The van der Waals surface area contributed by atoms with Crippen LogP contribution in [0.1, 0.15) is 58.9 Å². The van der Waals surface area contributed by atoms with Crippen LogP contribution < -0.4 is 4.74 Å². The second-order valence-corrected chi connectivity index (χ2v) is 8.46. The number of allylic oxidation sites excluding steroid dienone is 3. The zero-order valence-electron chi connectivity index (χ0n) is 17.2. The number of carbonyl (C=O) groups excluding carboxylic acids is 1. The maximum atomic E-state index is 11.3. The summed E-state index contributed by atoms with van der Waals surface area (Å²) in [6.07, 6.45) is 7.10. The van der Waals surface area contributed by atoms with Gasteiger partial charge in [0.05, 0.1) is 0 Å². The van der Waals surface area contributed by atoms with Crippen LogP contribution in [0.4, 0.5) is 0 Å². The quantitative estimate of drug-likeness (QED) is 0.544. The first kappa shape index (κ1) is 20.4. The van der Waals surface area contributed by atoms with Gasteiger partial charge in [0.2, 0.25) is 6.29 Å². The molecule has 0 saturated heterocycles. The van der Waals surface area contributed by atoms with E-state index in [0.29, 0.717) is 17.9 Å².